The highest BCUT2D eigenvalue weighted by Gasteiger charge is 2.01. The summed E-state index contributed by atoms with van der Waals surface area (Å²) in [6.07, 6.45) is 3.66. The maximum absolute atomic E-state index is 11.3. The third-order valence-electron chi connectivity index (χ3n) is 2.01. The number of carboxylic acids is 1. The van der Waals surface area contributed by atoms with E-state index in [-0.39, 0.29) is 18.6 Å². The molecule has 16 heavy (non-hydrogen) atoms. The van der Waals surface area contributed by atoms with Crippen molar-refractivity contribution in [1.82, 2.24) is 0 Å². The van der Waals surface area contributed by atoms with Gasteiger partial charge in [0.2, 0.25) is 0 Å². The van der Waals surface area contributed by atoms with Crippen LogP contribution in [0.15, 0.2) is 22.6 Å². The Morgan fingerprint density at radius 1 is 1.38 bits per heavy atom. The number of hydrogen-bond donors (Lipinski definition) is 1. The van der Waals surface area contributed by atoms with E-state index in [1.54, 1.807) is 12.1 Å². The van der Waals surface area contributed by atoms with E-state index in [9.17, 15) is 9.59 Å². The molecule has 0 aliphatic heterocycles. The van der Waals surface area contributed by atoms with Crippen LogP contribution in [0.2, 0.25) is 0 Å². The highest BCUT2D eigenvalue weighted by atomic mass is 16.4. The van der Waals surface area contributed by atoms with Gasteiger partial charge < -0.3 is 9.52 Å². The number of aliphatic carboxylic acids is 1. The van der Waals surface area contributed by atoms with E-state index < -0.39 is 5.97 Å². The predicted molar refractivity (Wildman–Crippen MR) is 59.0 cm³/mol. The van der Waals surface area contributed by atoms with Gasteiger partial charge in [0.25, 0.3) is 0 Å². The van der Waals surface area contributed by atoms with Crippen LogP contribution in [0.3, 0.4) is 0 Å². The third-order valence-corrected chi connectivity index (χ3v) is 2.01. The fourth-order valence-electron chi connectivity index (χ4n) is 1.22. The molecular formula is C12H14O4. The molecule has 0 amide bonds. The second-order valence-electron chi connectivity index (χ2n) is 3.50. The maximum Gasteiger partial charge on any atom is 0.303 e. The van der Waals surface area contributed by atoms with Gasteiger partial charge in [0.1, 0.15) is 11.5 Å². The molecule has 1 aromatic heterocycles. The smallest absolute Gasteiger partial charge is 0.303 e. The fourth-order valence-corrected chi connectivity index (χ4v) is 1.22. The van der Waals surface area contributed by atoms with E-state index in [0.29, 0.717) is 12.2 Å². The van der Waals surface area contributed by atoms with Gasteiger partial charge in [-0.3, -0.25) is 9.59 Å². The molecule has 0 unspecified atom stereocenters. The van der Waals surface area contributed by atoms with Crippen LogP contribution in [0.1, 0.15) is 30.8 Å². The summed E-state index contributed by atoms with van der Waals surface area (Å²) in [5.41, 5.74) is 0. The summed E-state index contributed by atoms with van der Waals surface area (Å²) >= 11 is 0. The summed E-state index contributed by atoms with van der Waals surface area (Å²) in [6, 6.07) is 3.59. The Hall–Kier alpha value is -1.84. The zero-order valence-electron chi connectivity index (χ0n) is 9.10. The van der Waals surface area contributed by atoms with Gasteiger partial charge in [0.05, 0.1) is 0 Å². The zero-order chi connectivity index (χ0) is 12.0. The molecule has 1 N–H and O–H groups in total. The van der Waals surface area contributed by atoms with Crippen LogP contribution in [0.25, 0.3) is 6.08 Å². The van der Waals surface area contributed by atoms with Crippen molar-refractivity contribution in [1.29, 1.82) is 0 Å². The molecule has 0 spiro atoms. The minimum atomic E-state index is -0.876. The molecule has 0 aromatic carbocycles. The molecule has 1 aromatic rings. The Kier molecular flexibility index (Phi) is 4.51. The number of aryl methyl sites for hydroxylation is 1. The minimum absolute atomic E-state index is 0.0272. The Bertz CT molecular complexity index is 401. The normalized spacial score (nSPS) is 10.8. The molecule has 0 saturated carbocycles. The van der Waals surface area contributed by atoms with Crippen LogP contribution in [-0.2, 0) is 9.59 Å². The van der Waals surface area contributed by atoms with Crippen LogP contribution in [0.5, 0.6) is 0 Å². The number of ketones is 1. The van der Waals surface area contributed by atoms with Gasteiger partial charge in [-0.05, 0) is 37.6 Å². The summed E-state index contributed by atoms with van der Waals surface area (Å²) in [6.45, 7) is 1.83. The average molecular weight is 222 g/mol. The second-order valence-corrected chi connectivity index (χ2v) is 3.50. The monoisotopic (exact) mass is 222 g/mol. The second kappa shape index (κ2) is 5.90. The molecule has 0 saturated heterocycles. The Morgan fingerprint density at radius 2 is 2.12 bits per heavy atom. The van der Waals surface area contributed by atoms with Crippen LogP contribution in [-0.4, -0.2) is 16.9 Å². The molecule has 0 fully saturated rings. The van der Waals surface area contributed by atoms with Crippen LogP contribution < -0.4 is 0 Å². The lowest BCUT2D eigenvalue weighted by atomic mass is 10.1. The van der Waals surface area contributed by atoms with Crippen molar-refractivity contribution < 1.29 is 19.1 Å². The first-order chi connectivity index (χ1) is 7.58. The highest BCUT2D eigenvalue weighted by Crippen LogP contribution is 2.08. The quantitative estimate of drug-likeness (QED) is 0.750. The van der Waals surface area contributed by atoms with Gasteiger partial charge in [-0.15, -0.1) is 0 Å². The van der Waals surface area contributed by atoms with Crippen LogP contribution in [0.4, 0.5) is 0 Å². The molecule has 0 aliphatic carbocycles. The van der Waals surface area contributed by atoms with Crippen LogP contribution in [0, 0.1) is 6.92 Å². The van der Waals surface area contributed by atoms with Gasteiger partial charge in [0, 0.05) is 12.8 Å². The maximum atomic E-state index is 11.3. The number of carbonyl (C=O) groups excluding carboxylic acids is 1. The number of hydrogen-bond acceptors (Lipinski definition) is 3. The molecule has 86 valence electrons. The summed E-state index contributed by atoms with van der Waals surface area (Å²) in [4.78, 5) is 21.5. The Balaban J connectivity index is 2.34. The first-order valence-electron chi connectivity index (χ1n) is 5.07. The molecule has 0 bridgehead atoms. The lowest BCUT2D eigenvalue weighted by Gasteiger charge is -1.92. The van der Waals surface area contributed by atoms with E-state index in [1.165, 1.54) is 6.08 Å². The lowest BCUT2D eigenvalue weighted by molar-refractivity contribution is -0.137. The zero-order valence-corrected chi connectivity index (χ0v) is 9.10. The molecule has 0 radical (unpaired) electrons. The SMILES string of the molecule is Cc1ccc(/C=C/C(=O)CCCC(=O)O)o1. The van der Waals surface area contributed by atoms with E-state index in [4.69, 9.17) is 9.52 Å². The van der Waals surface area contributed by atoms with Crippen molar-refractivity contribution in [2.45, 2.75) is 26.2 Å². The van der Waals surface area contributed by atoms with Gasteiger partial charge in [-0.2, -0.15) is 0 Å². The van der Waals surface area contributed by atoms with Crippen molar-refractivity contribution in [2.24, 2.45) is 0 Å². The molecule has 0 aliphatic rings. The van der Waals surface area contributed by atoms with Crippen molar-refractivity contribution in [3.63, 3.8) is 0 Å². The van der Waals surface area contributed by atoms with E-state index >= 15 is 0 Å². The standard InChI is InChI=1S/C12H14O4/c1-9-5-7-11(16-9)8-6-10(13)3-2-4-12(14)15/h5-8H,2-4H2,1H3,(H,14,15)/b8-6+. The van der Waals surface area contributed by atoms with E-state index in [0.717, 1.165) is 5.76 Å². The van der Waals surface area contributed by atoms with E-state index in [2.05, 4.69) is 0 Å². The van der Waals surface area contributed by atoms with Crippen molar-refractivity contribution in [3.05, 3.63) is 29.7 Å². The van der Waals surface area contributed by atoms with Gasteiger partial charge in [0.15, 0.2) is 5.78 Å². The van der Waals surface area contributed by atoms with Crippen LogP contribution >= 0.6 is 0 Å². The number of carbonyl (C=O) groups is 2. The van der Waals surface area contributed by atoms with Gasteiger partial charge in [-0.25, -0.2) is 0 Å². The summed E-state index contributed by atoms with van der Waals surface area (Å²) in [5.74, 6) is 0.454. The van der Waals surface area contributed by atoms with Gasteiger partial charge >= 0.3 is 5.97 Å². The first kappa shape index (κ1) is 12.2. The summed E-state index contributed by atoms with van der Waals surface area (Å²) < 4.78 is 5.24. The predicted octanol–water partition coefficient (Wildman–Crippen LogP) is 2.43. The topological polar surface area (TPSA) is 67.5 Å². The number of carboxylic acid groups (broad SMARTS) is 1. The molecule has 4 heteroatoms. The first-order valence-corrected chi connectivity index (χ1v) is 5.07. The molecule has 1 heterocycles. The largest absolute Gasteiger partial charge is 0.481 e. The van der Waals surface area contributed by atoms with E-state index in [1.807, 2.05) is 13.0 Å². The molecule has 4 nitrogen and oxygen atoms in total. The third kappa shape index (κ3) is 4.59. The van der Waals surface area contributed by atoms with Crippen molar-refractivity contribution in [3.8, 4) is 0 Å². The average Bonchev–Trinajstić information content (AvgIpc) is 2.61. The van der Waals surface area contributed by atoms with Crippen molar-refractivity contribution >= 4 is 17.8 Å². The Labute approximate surface area is 93.6 Å². The number of rotatable bonds is 6. The number of allylic oxidation sites excluding steroid dienone is 1. The fraction of sp³-hybridized carbons (Fsp3) is 0.333. The summed E-state index contributed by atoms with van der Waals surface area (Å²) in [7, 11) is 0. The lowest BCUT2D eigenvalue weighted by Crippen LogP contribution is -1.98. The molecule has 1 rings (SSSR count). The highest BCUT2D eigenvalue weighted by molar-refractivity contribution is 5.93. The minimum Gasteiger partial charge on any atom is -0.481 e. The number of furan rings is 1. The van der Waals surface area contributed by atoms with Crippen molar-refractivity contribution in [2.75, 3.05) is 0 Å². The van der Waals surface area contributed by atoms with Gasteiger partial charge in [-0.1, -0.05) is 0 Å². The molecule has 0 atom stereocenters. The molecular weight excluding hydrogens is 208 g/mol. The summed E-state index contributed by atoms with van der Waals surface area (Å²) in [5, 5.41) is 8.39. The Morgan fingerprint density at radius 3 is 2.69 bits per heavy atom.